The van der Waals surface area contributed by atoms with Gasteiger partial charge in [-0.15, -0.1) is 0 Å². The minimum Gasteiger partial charge on any atom is -0.331 e. The zero-order valence-corrected chi connectivity index (χ0v) is 10.9. The van der Waals surface area contributed by atoms with Crippen molar-refractivity contribution in [3.63, 3.8) is 0 Å². The number of nitrogens with one attached hydrogen (secondary N) is 2. The number of carbonyl (C=O) groups is 2. The molecule has 18 heavy (non-hydrogen) atoms. The van der Waals surface area contributed by atoms with Crippen LogP contribution < -0.4 is 10.6 Å². The Labute approximate surface area is 108 Å². The molecule has 3 amide bonds. The molecule has 0 aliphatic rings. The molecule has 0 fully saturated rings. The summed E-state index contributed by atoms with van der Waals surface area (Å²) in [5.74, 6) is -0.227. The molecule has 1 atom stereocenters. The lowest BCUT2D eigenvalue weighted by molar-refractivity contribution is -0.120. The highest BCUT2D eigenvalue weighted by Crippen LogP contribution is 2.10. The second-order valence-corrected chi connectivity index (χ2v) is 4.26. The standard InChI is InChI=1S/C14H20N2O2/c1-3-4-10-13(17)16-14(18)15-11(2)12-8-6-5-7-9-12/h5-9,11H,3-4,10H2,1-2H3,(H2,15,16,17,18)/t11-/m1/s1. The van der Waals surface area contributed by atoms with Gasteiger partial charge in [0.05, 0.1) is 6.04 Å². The van der Waals surface area contributed by atoms with Crippen LogP contribution in [0.2, 0.25) is 0 Å². The molecule has 0 aromatic heterocycles. The molecule has 0 radical (unpaired) electrons. The van der Waals surface area contributed by atoms with E-state index in [4.69, 9.17) is 0 Å². The van der Waals surface area contributed by atoms with Gasteiger partial charge in [-0.3, -0.25) is 10.1 Å². The molecule has 0 saturated heterocycles. The van der Waals surface area contributed by atoms with Crippen LogP contribution in [0.4, 0.5) is 4.79 Å². The van der Waals surface area contributed by atoms with Crippen molar-refractivity contribution in [1.82, 2.24) is 10.6 Å². The van der Waals surface area contributed by atoms with Crippen LogP contribution in [0, 0.1) is 0 Å². The Kier molecular flexibility index (Phi) is 5.91. The summed E-state index contributed by atoms with van der Waals surface area (Å²) in [7, 11) is 0. The summed E-state index contributed by atoms with van der Waals surface area (Å²) in [5.41, 5.74) is 1.01. The number of hydrogen-bond acceptors (Lipinski definition) is 2. The van der Waals surface area contributed by atoms with Crippen LogP contribution in [0.1, 0.15) is 44.7 Å². The Morgan fingerprint density at radius 3 is 2.50 bits per heavy atom. The molecule has 0 heterocycles. The summed E-state index contributed by atoms with van der Waals surface area (Å²) in [6, 6.07) is 9.06. The SMILES string of the molecule is CCCCC(=O)NC(=O)N[C@H](C)c1ccccc1. The van der Waals surface area contributed by atoms with Crippen LogP contribution in [0.25, 0.3) is 0 Å². The normalized spacial score (nSPS) is 11.7. The van der Waals surface area contributed by atoms with Crippen molar-refractivity contribution >= 4 is 11.9 Å². The second kappa shape index (κ2) is 7.48. The molecule has 0 saturated carbocycles. The van der Waals surface area contributed by atoms with Crippen LogP contribution in [0.5, 0.6) is 0 Å². The van der Waals surface area contributed by atoms with E-state index in [1.807, 2.05) is 44.2 Å². The van der Waals surface area contributed by atoms with Gasteiger partial charge in [-0.05, 0) is 18.9 Å². The fraction of sp³-hybridized carbons (Fsp3) is 0.429. The lowest BCUT2D eigenvalue weighted by atomic mass is 10.1. The summed E-state index contributed by atoms with van der Waals surface area (Å²) in [6.45, 7) is 3.89. The van der Waals surface area contributed by atoms with E-state index in [1.54, 1.807) is 0 Å². The van der Waals surface area contributed by atoms with Crippen molar-refractivity contribution in [3.8, 4) is 0 Å². The number of carbonyl (C=O) groups excluding carboxylic acids is 2. The number of urea groups is 1. The molecule has 0 spiro atoms. The molecule has 0 aliphatic carbocycles. The second-order valence-electron chi connectivity index (χ2n) is 4.26. The third kappa shape index (κ3) is 4.99. The van der Waals surface area contributed by atoms with E-state index in [0.29, 0.717) is 6.42 Å². The molecule has 0 unspecified atom stereocenters. The van der Waals surface area contributed by atoms with Crippen LogP contribution in [-0.4, -0.2) is 11.9 Å². The highest BCUT2D eigenvalue weighted by molar-refractivity contribution is 5.94. The number of unbranched alkanes of at least 4 members (excludes halogenated alkanes) is 1. The molecule has 0 bridgehead atoms. The van der Waals surface area contributed by atoms with Gasteiger partial charge >= 0.3 is 6.03 Å². The first kappa shape index (κ1) is 14.2. The maximum Gasteiger partial charge on any atom is 0.321 e. The highest BCUT2D eigenvalue weighted by Gasteiger charge is 2.11. The Bertz CT molecular complexity index is 390. The number of hydrogen-bond donors (Lipinski definition) is 2. The van der Waals surface area contributed by atoms with Gasteiger partial charge in [0.15, 0.2) is 0 Å². The summed E-state index contributed by atoms with van der Waals surface area (Å²) < 4.78 is 0. The zero-order chi connectivity index (χ0) is 13.4. The molecule has 1 rings (SSSR count). The zero-order valence-electron chi connectivity index (χ0n) is 10.9. The van der Waals surface area contributed by atoms with E-state index in [0.717, 1.165) is 18.4 Å². The fourth-order valence-electron chi connectivity index (χ4n) is 1.58. The first-order valence-corrected chi connectivity index (χ1v) is 6.28. The largest absolute Gasteiger partial charge is 0.331 e. The van der Waals surface area contributed by atoms with Gasteiger partial charge in [0.1, 0.15) is 0 Å². The molecule has 1 aromatic carbocycles. The van der Waals surface area contributed by atoms with Crippen LogP contribution in [0.3, 0.4) is 0 Å². The first-order chi connectivity index (χ1) is 8.63. The third-order valence-corrected chi connectivity index (χ3v) is 2.66. The van der Waals surface area contributed by atoms with Crippen molar-refractivity contribution in [1.29, 1.82) is 0 Å². The summed E-state index contributed by atoms with van der Waals surface area (Å²) >= 11 is 0. The molecule has 98 valence electrons. The Balaban J connectivity index is 2.38. The van der Waals surface area contributed by atoms with Gasteiger partial charge in [-0.25, -0.2) is 4.79 Å². The van der Waals surface area contributed by atoms with Crippen molar-refractivity contribution in [2.24, 2.45) is 0 Å². The molecule has 2 N–H and O–H groups in total. The van der Waals surface area contributed by atoms with E-state index in [1.165, 1.54) is 0 Å². The average molecular weight is 248 g/mol. The minimum absolute atomic E-state index is 0.120. The van der Waals surface area contributed by atoms with Crippen molar-refractivity contribution in [2.45, 2.75) is 39.2 Å². The van der Waals surface area contributed by atoms with Gasteiger partial charge in [0, 0.05) is 6.42 Å². The van der Waals surface area contributed by atoms with E-state index in [9.17, 15) is 9.59 Å². The average Bonchev–Trinajstić information content (AvgIpc) is 2.37. The Morgan fingerprint density at radius 1 is 1.22 bits per heavy atom. The molecule has 4 heteroatoms. The highest BCUT2D eigenvalue weighted by atomic mass is 16.2. The molecular formula is C14H20N2O2. The lowest BCUT2D eigenvalue weighted by Crippen LogP contribution is -2.40. The van der Waals surface area contributed by atoms with Gasteiger partial charge in [0.2, 0.25) is 5.91 Å². The van der Waals surface area contributed by atoms with Gasteiger partial charge in [0.25, 0.3) is 0 Å². The summed E-state index contributed by atoms with van der Waals surface area (Å²) in [6.07, 6.45) is 2.13. The smallest absolute Gasteiger partial charge is 0.321 e. The number of imide groups is 1. The van der Waals surface area contributed by atoms with E-state index in [2.05, 4.69) is 10.6 Å². The van der Waals surface area contributed by atoms with Gasteiger partial charge in [-0.2, -0.15) is 0 Å². The monoisotopic (exact) mass is 248 g/mol. The molecule has 4 nitrogen and oxygen atoms in total. The summed E-state index contributed by atoms with van der Waals surface area (Å²) in [4.78, 5) is 22.9. The Hall–Kier alpha value is -1.84. The number of rotatable bonds is 5. The van der Waals surface area contributed by atoms with Crippen molar-refractivity contribution in [2.75, 3.05) is 0 Å². The molecule has 1 aromatic rings. The predicted molar refractivity (Wildman–Crippen MR) is 71.1 cm³/mol. The van der Waals surface area contributed by atoms with E-state index < -0.39 is 6.03 Å². The van der Waals surface area contributed by atoms with Crippen molar-refractivity contribution < 1.29 is 9.59 Å². The third-order valence-electron chi connectivity index (χ3n) is 2.66. The maximum atomic E-state index is 11.6. The lowest BCUT2D eigenvalue weighted by Gasteiger charge is -2.14. The number of benzene rings is 1. The first-order valence-electron chi connectivity index (χ1n) is 6.28. The Morgan fingerprint density at radius 2 is 1.89 bits per heavy atom. The van der Waals surface area contributed by atoms with Gasteiger partial charge in [-0.1, -0.05) is 43.7 Å². The maximum absolute atomic E-state index is 11.6. The summed E-state index contributed by atoms with van der Waals surface area (Å²) in [5, 5.41) is 5.06. The van der Waals surface area contributed by atoms with E-state index in [-0.39, 0.29) is 11.9 Å². The molecular weight excluding hydrogens is 228 g/mol. The van der Waals surface area contributed by atoms with Crippen LogP contribution in [0.15, 0.2) is 30.3 Å². The molecule has 0 aliphatic heterocycles. The fourth-order valence-corrected chi connectivity index (χ4v) is 1.58. The van der Waals surface area contributed by atoms with Crippen molar-refractivity contribution in [3.05, 3.63) is 35.9 Å². The van der Waals surface area contributed by atoms with Gasteiger partial charge < -0.3 is 5.32 Å². The number of amides is 3. The quantitative estimate of drug-likeness (QED) is 0.841. The predicted octanol–water partition coefficient (Wildman–Crippen LogP) is 2.76. The minimum atomic E-state index is -0.438. The topological polar surface area (TPSA) is 58.2 Å². The van der Waals surface area contributed by atoms with E-state index >= 15 is 0 Å². The van der Waals surface area contributed by atoms with Crippen LogP contribution >= 0.6 is 0 Å². The van der Waals surface area contributed by atoms with Crippen LogP contribution in [-0.2, 0) is 4.79 Å².